The lowest BCUT2D eigenvalue weighted by atomic mass is 9.88. The summed E-state index contributed by atoms with van der Waals surface area (Å²) in [7, 11) is 0. The van der Waals surface area contributed by atoms with Gasteiger partial charge >= 0.3 is 5.97 Å². The summed E-state index contributed by atoms with van der Waals surface area (Å²) >= 11 is 0. The molecule has 0 saturated carbocycles. The van der Waals surface area contributed by atoms with Gasteiger partial charge in [0.1, 0.15) is 12.7 Å². The second-order valence-corrected chi connectivity index (χ2v) is 6.43. The van der Waals surface area contributed by atoms with Gasteiger partial charge in [0.25, 0.3) is 0 Å². The third kappa shape index (κ3) is 4.48. The molecule has 0 spiro atoms. The molecule has 1 aliphatic carbocycles. The smallest absolute Gasteiger partial charge is 0.309 e. The first-order chi connectivity index (χ1) is 14.5. The van der Waals surface area contributed by atoms with E-state index in [1.165, 1.54) is 12.1 Å². The minimum absolute atomic E-state index is 0.0110. The molecule has 9 heteroatoms. The molecule has 0 unspecified atom stereocenters. The Labute approximate surface area is 171 Å². The zero-order valence-corrected chi connectivity index (χ0v) is 15.9. The zero-order chi connectivity index (χ0) is 21.7. The molecule has 3 rings (SSSR count). The summed E-state index contributed by atoms with van der Waals surface area (Å²) in [5, 5.41) is 27.9. The minimum Gasteiger partial charge on any atom is -0.504 e. The quantitative estimate of drug-likeness (QED) is 0.267. The van der Waals surface area contributed by atoms with E-state index in [-0.39, 0.29) is 66.8 Å². The fourth-order valence-corrected chi connectivity index (χ4v) is 2.87. The number of carbonyl (C=O) groups excluding carboxylic acids is 3. The Morgan fingerprint density at radius 3 is 2.37 bits per heavy atom. The maximum absolute atomic E-state index is 12.6. The van der Waals surface area contributed by atoms with Gasteiger partial charge in [0, 0.05) is 11.1 Å². The summed E-state index contributed by atoms with van der Waals surface area (Å²) in [6.45, 7) is -0.822. The maximum Gasteiger partial charge on any atom is 0.309 e. The molecule has 0 fully saturated rings. The summed E-state index contributed by atoms with van der Waals surface area (Å²) in [5.41, 5.74) is 0.548. The van der Waals surface area contributed by atoms with Crippen molar-refractivity contribution in [2.24, 2.45) is 0 Å². The molecule has 0 aliphatic heterocycles. The van der Waals surface area contributed by atoms with Crippen LogP contribution in [-0.4, -0.2) is 65.4 Å². The number of rotatable bonds is 9. The average Bonchev–Trinajstić information content (AvgIpc) is 3.22. The highest BCUT2D eigenvalue weighted by Crippen LogP contribution is 2.31. The number of aliphatic hydroxyl groups excluding tert-OH is 3. The Kier molecular flexibility index (Phi) is 6.78. The van der Waals surface area contributed by atoms with E-state index in [0.29, 0.717) is 0 Å². The van der Waals surface area contributed by atoms with Gasteiger partial charge in [-0.05, 0) is 12.1 Å². The molecule has 0 amide bonds. The van der Waals surface area contributed by atoms with Gasteiger partial charge in [0.15, 0.2) is 23.1 Å². The molecule has 1 aromatic heterocycles. The number of ether oxygens (including phenoxy) is 2. The summed E-state index contributed by atoms with van der Waals surface area (Å²) in [6.07, 6.45) is 0.108. The van der Waals surface area contributed by atoms with Crippen LogP contribution in [0, 0.1) is 0 Å². The van der Waals surface area contributed by atoms with Gasteiger partial charge in [0.05, 0.1) is 31.8 Å². The lowest BCUT2D eigenvalue weighted by molar-refractivity contribution is -0.145. The standard InChI is InChI=1S/C21H20O9/c22-10-12(11-23)28-7-8-29-18(25)6-5-16(24)17-9-15-19(26)13-3-1-2-4-14(13)20(27)21(15)30-17/h1-5,9,12,22-24H,6-8,10-11H2/b16-5-. The number of furan rings is 1. The Bertz CT molecular complexity index is 930. The lowest BCUT2D eigenvalue weighted by Crippen LogP contribution is -2.24. The van der Waals surface area contributed by atoms with Crippen molar-refractivity contribution in [1.29, 1.82) is 0 Å². The number of ketones is 2. The molecule has 0 bridgehead atoms. The first-order valence-corrected chi connectivity index (χ1v) is 9.17. The number of carbonyl (C=O) groups is 3. The first-order valence-electron chi connectivity index (χ1n) is 9.17. The number of aliphatic hydroxyl groups is 3. The summed E-state index contributed by atoms with van der Waals surface area (Å²) < 4.78 is 15.3. The van der Waals surface area contributed by atoms with Gasteiger partial charge in [0.2, 0.25) is 5.78 Å². The lowest BCUT2D eigenvalue weighted by Gasteiger charge is -2.12. The van der Waals surface area contributed by atoms with E-state index < -0.39 is 23.6 Å². The van der Waals surface area contributed by atoms with E-state index in [2.05, 4.69) is 0 Å². The number of hydrogen-bond donors (Lipinski definition) is 3. The second kappa shape index (κ2) is 9.49. The van der Waals surface area contributed by atoms with E-state index >= 15 is 0 Å². The normalized spacial score (nSPS) is 13.4. The van der Waals surface area contributed by atoms with Crippen LogP contribution in [0.4, 0.5) is 0 Å². The van der Waals surface area contributed by atoms with Crippen LogP contribution in [0.3, 0.4) is 0 Å². The number of hydrogen-bond acceptors (Lipinski definition) is 9. The Balaban J connectivity index is 1.61. The Morgan fingerprint density at radius 1 is 1.03 bits per heavy atom. The molecule has 0 atom stereocenters. The fraction of sp³-hybridized carbons (Fsp3) is 0.286. The van der Waals surface area contributed by atoms with Crippen LogP contribution in [0.2, 0.25) is 0 Å². The monoisotopic (exact) mass is 416 g/mol. The van der Waals surface area contributed by atoms with Crippen molar-refractivity contribution in [3.8, 4) is 0 Å². The number of benzene rings is 1. The predicted molar refractivity (Wildman–Crippen MR) is 102 cm³/mol. The highest BCUT2D eigenvalue weighted by Gasteiger charge is 2.33. The molecule has 3 N–H and O–H groups in total. The van der Waals surface area contributed by atoms with Gasteiger partial charge in [-0.1, -0.05) is 24.3 Å². The van der Waals surface area contributed by atoms with Crippen LogP contribution in [-0.2, 0) is 14.3 Å². The molecule has 2 aromatic rings. The Hall–Kier alpha value is -3.27. The molecule has 30 heavy (non-hydrogen) atoms. The molecule has 1 heterocycles. The SMILES string of the molecule is O=C(C/C=C(\O)c1cc2c(o1)C(=O)c1ccccc1C2=O)OCCOC(CO)CO. The fourth-order valence-electron chi connectivity index (χ4n) is 2.87. The van der Waals surface area contributed by atoms with E-state index in [1.807, 2.05) is 0 Å². The highest BCUT2D eigenvalue weighted by molar-refractivity contribution is 6.27. The molecule has 9 nitrogen and oxygen atoms in total. The second-order valence-electron chi connectivity index (χ2n) is 6.43. The van der Waals surface area contributed by atoms with Crippen LogP contribution < -0.4 is 0 Å². The van der Waals surface area contributed by atoms with Crippen molar-refractivity contribution >= 4 is 23.3 Å². The van der Waals surface area contributed by atoms with Crippen molar-refractivity contribution in [1.82, 2.24) is 0 Å². The predicted octanol–water partition coefficient (Wildman–Crippen LogP) is 1.26. The van der Waals surface area contributed by atoms with Gasteiger partial charge in [-0.2, -0.15) is 0 Å². The zero-order valence-electron chi connectivity index (χ0n) is 15.9. The van der Waals surface area contributed by atoms with Crippen LogP contribution in [0.1, 0.15) is 44.2 Å². The third-order valence-electron chi connectivity index (χ3n) is 4.42. The third-order valence-corrected chi connectivity index (χ3v) is 4.42. The molecule has 0 radical (unpaired) electrons. The first kappa shape index (κ1) is 21.4. The van der Waals surface area contributed by atoms with Gasteiger partial charge in [-0.15, -0.1) is 0 Å². The van der Waals surface area contributed by atoms with Gasteiger partial charge in [-0.3, -0.25) is 14.4 Å². The van der Waals surface area contributed by atoms with Crippen molar-refractivity contribution in [3.05, 3.63) is 64.6 Å². The van der Waals surface area contributed by atoms with Crippen molar-refractivity contribution < 1.29 is 43.6 Å². The van der Waals surface area contributed by atoms with Crippen molar-refractivity contribution in [2.75, 3.05) is 26.4 Å². The molecule has 158 valence electrons. The van der Waals surface area contributed by atoms with E-state index in [4.69, 9.17) is 24.1 Å². The van der Waals surface area contributed by atoms with Crippen molar-refractivity contribution in [3.63, 3.8) is 0 Å². The molecule has 1 aromatic carbocycles. The molecule has 1 aliphatic rings. The highest BCUT2D eigenvalue weighted by atomic mass is 16.6. The van der Waals surface area contributed by atoms with E-state index in [1.54, 1.807) is 18.2 Å². The topological polar surface area (TPSA) is 144 Å². The minimum atomic E-state index is -0.741. The largest absolute Gasteiger partial charge is 0.504 e. The summed E-state index contributed by atoms with van der Waals surface area (Å²) in [4.78, 5) is 36.8. The Morgan fingerprint density at radius 2 is 1.70 bits per heavy atom. The van der Waals surface area contributed by atoms with Crippen LogP contribution in [0.25, 0.3) is 5.76 Å². The van der Waals surface area contributed by atoms with E-state index in [0.717, 1.165) is 6.08 Å². The van der Waals surface area contributed by atoms with Crippen LogP contribution >= 0.6 is 0 Å². The average molecular weight is 416 g/mol. The molecular weight excluding hydrogens is 396 g/mol. The number of fused-ring (bicyclic) bond motifs is 2. The number of esters is 1. The van der Waals surface area contributed by atoms with Crippen LogP contribution in [0.5, 0.6) is 0 Å². The van der Waals surface area contributed by atoms with Gasteiger partial charge in [-0.25, -0.2) is 0 Å². The maximum atomic E-state index is 12.6. The van der Waals surface area contributed by atoms with Gasteiger partial charge < -0.3 is 29.2 Å². The molecular formula is C21H20O9. The summed E-state index contributed by atoms with van der Waals surface area (Å²) in [5.74, 6) is -2.18. The van der Waals surface area contributed by atoms with Crippen LogP contribution in [0.15, 0.2) is 40.8 Å². The molecule has 0 saturated heterocycles. The van der Waals surface area contributed by atoms with Crippen molar-refractivity contribution in [2.45, 2.75) is 12.5 Å². The summed E-state index contributed by atoms with van der Waals surface area (Å²) in [6, 6.07) is 7.63. The van der Waals surface area contributed by atoms with E-state index in [9.17, 15) is 19.5 Å².